The normalized spacial score (nSPS) is 10.4. The Bertz CT molecular complexity index is 514. The molecule has 0 aliphatic heterocycles. The zero-order valence-electron chi connectivity index (χ0n) is 8.32. The second-order valence-corrected chi connectivity index (χ2v) is 3.32. The summed E-state index contributed by atoms with van der Waals surface area (Å²) in [5, 5.41) is 9.07. The summed E-state index contributed by atoms with van der Waals surface area (Å²) in [6, 6.07) is 5.74. The van der Waals surface area contributed by atoms with E-state index >= 15 is 0 Å². The SMILES string of the molecule is OCc1c(F)cncc1-c1cccc(F)c1. The first-order chi connectivity index (χ1) is 7.72. The average Bonchev–Trinajstić information content (AvgIpc) is 2.28. The highest BCUT2D eigenvalue weighted by Crippen LogP contribution is 2.25. The molecule has 82 valence electrons. The number of rotatable bonds is 2. The van der Waals surface area contributed by atoms with E-state index in [0.29, 0.717) is 11.1 Å². The van der Waals surface area contributed by atoms with Crippen LogP contribution in [0.5, 0.6) is 0 Å². The highest BCUT2D eigenvalue weighted by Gasteiger charge is 2.10. The number of aliphatic hydroxyl groups is 1. The molecule has 1 N–H and O–H groups in total. The summed E-state index contributed by atoms with van der Waals surface area (Å²) < 4.78 is 26.3. The van der Waals surface area contributed by atoms with E-state index in [2.05, 4.69) is 4.98 Å². The van der Waals surface area contributed by atoms with Crippen molar-refractivity contribution in [3.8, 4) is 11.1 Å². The number of hydrogen-bond donors (Lipinski definition) is 1. The second-order valence-electron chi connectivity index (χ2n) is 3.32. The largest absolute Gasteiger partial charge is 0.392 e. The molecule has 0 saturated carbocycles. The van der Waals surface area contributed by atoms with Crippen LogP contribution in [0.15, 0.2) is 36.7 Å². The zero-order valence-corrected chi connectivity index (χ0v) is 8.32. The number of pyridine rings is 1. The highest BCUT2D eigenvalue weighted by molar-refractivity contribution is 5.66. The molecule has 0 unspecified atom stereocenters. The zero-order chi connectivity index (χ0) is 11.5. The van der Waals surface area contributed by atoms with Gasteiger partial charge in [0.2, 0.25) is 0 Å². The minimum atomic E-state index is -0.593. The average molecular weight is 221 g/mol. The van der Waals surface area contributed by atoms with Gasteiger partial charge in [-0.15, -0.1) is 0 Å². The molecule has 0 aliphatic rings. The number of halogens is 2. The van der Waals surface area contributed by atoms with E-state index in [4.69, 9.17) is 5.11 Å². The first-order valence-corrected chi connectivity index (χ1v) is 4.71. The molecule has 1 aromatic carbocycles. The van der Waals surface area contributed by atoms with Crippen molar-refractivity contribution in [3.05, 3.63) is 53.9 Å². The van der Waals surface area contributed by atoms with Crippen LogP contribution in [0.3, 0.4) is 0 Å². The van der Waals surface area contributed by atoms with Gasteiger partial charge < -0.3 is 5.11 Å². The molecule has 1 aromatic heterocycles. The lowest BCUT2D eigenvalue weighted by molar-refractivity contribution is 0.276. The van der Waals surface area contributed by atoms with Crippen molar-refractivity contribution < 1.29 is 13.9 Å². The van der Waals surface area contributed by atoms with Crippen molar-refractivity contribution in [1.82, 2.24) is 4.98 Å². The van der Waals surface area contributed by atoms with E-state index in [-0.39, 0.29) is 5.56 Å². The van der Waals surface area contributed by atoms with Crippen LogP contribution in [0.4, 0.5) is 8.78 Å². The topological polar surface area (TPSA) is 33.1 Å². The van der Waals surface area contributed by atoms with E-state index in [0.717, 1.165) is 6.20 Å². The van der Waals surface area contributed by atoms with E-state index in [1.807, 2.05) is 0 Å². The molecule has 0 amide bonds. The van der Waals surface area contributed by atoms with Crippen molar-refractivity contribution in [1.29, 1.82) is 0 Å². The van der Waals surface area contributed by atoms with Crippen LogP contribution in [0.2, 0.25) is 0 Å². The van der Waals surface area contributed by atoms with Crippen LogP contribution >= 0.6 is 0 Å². The molecule has 2 rings (SSSR count). The molecule has 16 heavy (non-hydrogen) atoms. The van der Waals surface area contributed by atoms with Gasteiger partial charge in [-0.05, 0) is 17.7 Å². The third-order valence-corrected chi connectivity index (χ3v) is 2.30. The maximum atomic E-state index is 13.3. The molecular formula is C12H9F2NO. The number of benzene rings is 1. The van der Waals surface area contributed by atoms with E-state index in [9.17, 15) is 8.78 Å². The maximum absolute atomic E-state index is 13.3. The van der Waals surface area contributed by atoms with Gasteiger partial charge in [0.25, 0.3) is 0 Å². The summed E-state index contributed by atoms with van der Waals surface area (Å²) in [4.78, 5) is 3.69. The molecule has 0 radical (unpaired) electrons. The minimum absolute atomic E-state index is 0.126. The van der Waals surface area contributed by atoms with Gasteiger partial charge in [0, 0.05) is 17.3 Å². The van der Waals surface area contributed by atoms with Gasteiger partial charge in [0.15, 0.2) is 0 Å². The Morgan fingerprint density at radius 3 is 2.69 bits per heavy atom. The van der Waals surface area contributed by atoms with Crippen molar-refractivity contribution in [2.45, 2.75) is 6.61 Å². The number of aromatic nitrogens is 1. The van der Waals surface area contributed by atoms with Crippen LogP contribution in [0, 0.1) is 11.6 Å². The quantitative estimate of drug-likeness (QED) is 0.845. The Labute approximate surface area is 91.2 Å². The summed E-state index contributed by atoms with van der Waals surface area (Å²) in [6.07, 6.45) is 2.43. The summed E-state index contributed by atoms with van der Waals surface area (Å²) in [6.45, 7) is -0.444. The van der Waals surface area contributed by atoms with Crippen LogP contribution in [0.25, 0.3) is 11.1 Å². The Hall–Kier alpha value is -1.81. The van der Waals surface area contributed by atoms with Crippen LogP contribution in [-0.2, 0) is 6.61 Å². The van der Waals surface area contributed by atoms with Crippen molar-refractivity contribution in [2.75, 3.05) is 0 Å². The van der Waals surface area contributed by atoms with Crippen molar-refractivity contribution in [2.24, 2.45) is 0 Å². The van der Waals surface area contributed by atoms with Gasteiger partial charge in [-0.1, -0.05) is 12.1 Å². The van der Waals surface area contributed by atoms with Gasteiger partial charge in [0.05, 0.1) is 12.8 Å². The smallest absolute Gasteiger partial charge is 0.147 e. The number of hydrogen-bond acceptors (Lipinski definition) is 2. The molecule has 2 nitrogen and oxygen atoms in total. The lowest BCUT2D eigenvalue weighted by atomic mass is 10.0. The summed E-state index contributed by atoms with van der Waals surface area (Å²) in [5.74, 6) is -1.00. The van der Waals surface area contributed by atoms with Gasteiger partial charge >= 0.3 is 0 Å². The van der Waals surface area contributed by atoms with E-state index in [1.54, 1.807) is 6.07 Å². The molecular weight excluding hydrogens is 212 g/mol. The molecule has 2 aromatic rings. The lowest BCUT2D eigenvalue weighted by Crippen LogP contribution is -1.96. The lowest BCUT2D eigenvalue weighted by Gasteiger charge is -2.07. The third kappa shape index (κ3) is 1.92. The molecule has 0 bridgehead atoms. The Balaban J connectivity index is 2.60. The van der Waals surface area contributed by atoms with Crippen molar-refractivity contribution >= 4 is 0 Å². The first kappa shape index (κ1) is 10.7. The van der Waals surface area contributed by atoms with E-state index in [1.165, 1.54) is 24.4 Å². The highest BCUT2D eigenvalue weighted by atomic mass is 19.1. The molecule has 4 heteroatoms. The predicted molar refractivity (Wildman–Crippen MR) is 55.5 cm³/mol. The summed E-state index contributed by atoms with van der Waals surface area (Å²) >= 11 is 0. The molecule has 0 atom stereocenters. The number of aliphatic hydroxyl groups excluding tert-OH is 1. The van der Waals surface area contributed by atoms with E-state index < -0.39 is 18.2 Å². The summed E-state index contributed by atoms with van der Waals surface area (Å²) in [7, 11) is 0. The Morgan fingerprint density at radius 1 is 1.19 bits per heavy atom. The number of nitrogens with zero attached hydrogens (tertiary/aromatic N) is 1. The monoisotopic (exact) mass is 221 g/mol. The van der Waals surface area contributed by atoms with Crippen LogP contribution in [-0.4, -0.2) is 10.1 Å². The molecule has 0 saturated heterocycles. The van der Waals surface area contributed by atoms with Gasteiger partial charge in [-0.25, -0.2) is 8.78 Å². The maximum Gasteiger partial charge on any atom is 0.147 e. The Morgan fingerprint density at radius 2 is 2.00 bits per heavy atom. The second kappa shape index (κ2) is 4.37. The molecule has 0 aliphatic carbocycles. The standard InChI is InChI=1S/C12H9F2NO/c13-9-3-1-2-8(4-9)10-5-15-6-12(14)11(10)7-16/h1-6,16H,7H2. The molecule has 0 spiro atoms. The fourth-order valence-corrected chi connectivity index (χ4v) is 1.53. The summed E-state index contributed by atoms with van der Waals surface area (Å²) in [5.41, 5.74) is 1.03. The molecule has 0 fully saturated rings. The third-order valence-electron chi connectivity index (χ3n) is 2.30. The van der Waals surface area contributed by atoms with Crippen LogP contribution in [0.1, 0.15) is 5.56 Å². The minimum Gasteiger partial charge on any atom is -0.392 e. The predicted octanol–water partition coefficient (Wildman–Crippen LogP) is 2.52. The first-order valence-electron chi connectivity index (χ1n) is 4.71. The van der Waals surface area contributed by atoms with Gasteiger partial charge in [0.1, 0.15) is 11.6 Å². The van der Waals surface area contributed by atoms with Crippen molar-refractivity contribution in [3.63, 3.8) is 0 Å². The van der Waals surface area contributed by atoms with Gasteiger partial charge in [-0.3, -0.25) is 4.98 Å². The fourth-order valence-electron chi connectivity index (χ4n) is 1.53. The van der Waals surface area contributed by atoms with Gasteiger partial charge in [-0.2, -0.15) is 0 Å². The Kier molecular flexibility index (Phi) is 2.92. The van der Waals surface area contributed by atoms with Crippen LogP contribution < -0.4 is 0 Å². The molecule has 1 heterocycles. The fraction of sp³-hybridized carbons (Fsp3) is 0.0833.